The summed E-state index contributed by atoms with van der Waals surface area (Å²) in [6.45, 7) is 1.66. The Bertz CT molecular complexity index is 327. The molecule has 1 aromatic rings. The first-order valence-electron chi connectivity index (χ1n) is 5.42. The molecule has 1 saturated heterocycles. The Morgan fingerprint density at radius 1 is 1.40 bits per heavy atom. The average molecular weight is 207 g/mol. The maximum absolute atomic E-state index is 9.77. The molecular weight excluding hydrogens is 190 g/mol. The lowest BCUT2D eigenvalue weighted by molar-refractivity contribution is 0.0820. The van der Waals surface area contributed by atoms with Crippen LogP contribution in [0.1, 0.15) is 12.0 Å². The third-order valence-electron chi connectivity index (χ3n) is 3.00. The monoisotopic (exact) mass is 207 g/mol. The van der Waals surface area contributed by atoms with E-state index in [9.17, 15) is 10.2 Å². The number of aromatic hydroxyl groups is 1. The molecule has 3 heteroatoms. The second kappa shape index (κ2) is 4.64. The molecule has 0 aliphatic carbocycles. The first-order valence-corrected chi connectivity index (χ1v) is 5.42. The first kappa shape index (κ1) is 10.5. The molecule has 15 heavy (non-hydrogen) atoms. The van der Waals surface area contributed by atoms with E-state index in [0.29, 0.717) is 18.2 Å². The molecule has 1 aromatic carbocycles. The van der Waals surface area contributed by atoms with Gasteiger partial charge in [-0.3, -0.25) is 0 Å². The van der Waals surface area contributed by atoms with Crippen LogP contribution >= 0.6 is 0 Å². The summed E-state index contributed by atoms with van der Waals surface area (Å²) in [4.78, 5) is 0. The summed E-state index contributed by atoms with van der Waals surface area (Å²) in [6.07, 6.45) is 1.58. The smallest absolute Gasteiger partial charge is 0.115 e. The number of benzene rings is 1. The van der Waals surface area contributed by atoms with Gasteiger partial charge in [0.25, 0.3) is 0 Å². The number of phenols is 1. The number of piperidine rings is 1. The molecule has 1 aliphatic heterocycles. The van der Waals surface area contributed by atoms with Gasteiger partial charge in [-0.15, -0.1) is 0 Å². The van der Waals surface area contributed by atoms with Crippen molar-refractivity contribution < 1.29 is 10.2 Å². The zero-order valence-electron chi connectivity index (χ0n) is 8.69. The van der Waals surface area contributed by atoms with E-state index in [-0.39, 0.29) is 6.10 Å². The van der Waals surface area contributed by atoms with Gasteiger partial charge in [0.2, 0.25) is 0 Å². The Labute approximate surface area is 89.8 Å². The molecule has 1 fully saturated rings. The molecule has 0 amide bonds. The summed E-state index contributed by atoms with van der Waals surface area (Å²) in [5, 5.41) is 22.3. The van der Waals surface area contributed by atoms with Crippen LogP contribution in [-0.2, 0) is 6.42 Å². The fourth-order valence-electron chi connectivity index (χ4n) is 2.12. The van der Waals surface area contributed by atoms with E-state index < -0.39 is 0 Å². The van der Waals surface area contributed by atoms with Crippen LogP contribution in [0.15, 0.2) is 24.3 Å². The minimum Gasteiger partial charge on any atom is -0.508 e. The van der Waals surface area contributed by atoms with Gasteiger partial charge in [-0.05, 0) is 43.0 Å². The highest BCUT2D eigenvalue weighted by atomic mass is 16.3. The number of phenolic OH excluding ortho intramolecular Hbond substituents is 1. The Morgan fingerprint density at radius 3 is 3.00 bits per heavy atom. The zero-order chi connectivity index (χ0) is 10.7. The Balaban J connectivity index is 2.01. The summed E-state index contributed by atoms with van der Waals surface area (Å²) in [7, 11) is 0. The van der Waals surface area contributed by atoms with E-state index in [2.05, 4.69) is 5.32 Å². The molecule has 3 N–H and O–H groups in total. The van der Waals surface area contributed by atoms with Crippen molar-refractivity contribution in [1.29, 1.82) is 0 Å². The maximum Gasteiger partial charge on any atom is 0.115 e. The molecule has 2 atom stereocenters. The largest absolute Gasteiger partial charge is 0.508 e. The van der Waals surface area contributed by atoms with Gasteiger partial charge in [-0.1, -0.05) is 12.1 Å². The van der Waals surface area contributed by atoms with Gasteiger partial charge >= 0.3 is 0 Å². The second-order valence-electron chi connectivity index (χ2n) is 4.19. The van der Waals surface area contributed by atoms with Crippen molar-refractivity contribution in [3.63, 3.8) is 0 Å². The second-order valence-corrected chi connectivity index (χ2v) is 4.19. The van der Waals surface area contributed by atoms with Crippen molar-refractivity contribution in [2.24, 2.45) is 5.92 Å². The SMILES string of the molecule is Oc1cccc(CC2CCNCC2O)c1. The summed E-state index contributed by atoms with van der Waals surface area (Å²) >= 11 is 0. The lowest BCUT2D eigenvalue weighted by Crippen LogP contribution is -2.41. The van der Waals surface area contributed by atoms with E-state index in [4.69, 9.17) is 0 Å². The van der Waals surface area contributed by atoms with Crippen molar-refractivity contribution in [1.82, 2.24) is 5.32 Å². The van der Waals surface area contributed by atoms with Crippen molar-refractivity contribution in [3.8, 4) is 5.75 Å². The standard InChI is InChI=1S/C12H17NO2/c14-11-3-1-2-9(7-11)6-10-4-5-13-8-12(10)15/h1-3,7,10,12-15H,4-6,8H2. The molecule has 1 aliphatic rings. The van der Waals surface area contributed by atoms with Crippen LogP contribution < -0.4 is 5.32 Å². The van der Waals surface area contributed by atoms with E-state index in [0.717, 1.165) is 24.9 Å². The Morgan fingerprint density at radius 2 is 2.27 bits per heavy atom. The summed E-state index contributed by atoms with van der Waals surface area (Å²) in [6, 6.07) is 7.28. The normalized spacial score (nSPS) is 26.5. The number of aliphatic hydroxyl groups is 1. The molecule has 82 valence electrons. The molecular formula is C12H17NO2. The molecule has 0 saturated carbocycles. The van der Waals surface area contributed by atoms with E-state index in [1.807, 2.05) is 12.1 Å². The predicted octanol–water partition coefficient (Wildman–Crippen LogP) is 0.905. The lowest BCUT2D eigenvalue weighted by Gasteiger charge is -2.28. The topological polar surface area (TPSA) is 52.5 Å². The van der Waals surface area contributed by atoms with Crippen LogP contribution in [0.3, 0.4) is 0 Å². The highest BCUT2D eigenvalue weighted by molar-refractivity contribution is 5.27. The van der Waals surface area contributed by atoms with Crippen molar-refractivity contribution >= 4 is 0 Å². The zero-order valence-corrected chi connectivity index (χ0v) is 8.69. The first-order chi connectivity index (χ1) is 7.25. The minimum absolute atomic E-state index is 0.263. The van der Waals surface area contributed by atoms with Gasteiger partial charge in [0.05, 0.1) is 6.10 Å². The fraction of sp³-hybridized carbons (Fsp3) is 0.500. The number of aliphatic hydroxyl groups excluding tert-OH is 1. The summed E-state index contributed by atoms with van der Waals surface area (Å²) < 4.78 is 0. The van der Waals surface area contributed by atoms with E-state index in [1.54, 1.807) is 12.1 Å². The van der Waals surface area contributed by atoms with Crippen LogP contribution in [0.4, 0.5) is 0 Å². The Hall–Kier alpha value is -1.06. The van der Waals surface area contributed by atoms with Crippen molar-refractivity contribution in [2.45, 2.75) is 18.9 Å². The van der Waals surface area contributed by atoms with Gasteiger partial charge in [0.1, 0.15) is 5.75 Å². The molecule has 0 aromatic heterocycles. The number of β-amino-alcohol motifs (C(OH)–C–C–N with tert-alkyl or cyclic N) is 1. The average Bonchev–Trinajstić information content (AvgIpc) is 2.22. The highest BCUT2D eigenvalue weighted by Crippen LogP contribution is 2.20. The van der Waals surface area contributed by atoms with Gasteiger partial charge in [0.15, 0.2) is 0 Å². The van der Waals surface area contributed by atoms with Crippen LogP contribution in [0.2, 0.25) is 0 Å². The van der Waals surface area contributed by atoms with Crippen LogP contribution in [0.5, 0.6) is 5.75 Å². The summed E-state index contributed by atoms with van der Waals surface area (Å²) in [5.41, 5.74) is 1.10. The molecule has 0 bridgehead atoms. The molecule has 2 unspecified atom stereocenters. The third-order valence-corrected chi connectivity index (χ3v) is 3.00. The van der Waals surface area contributed by atoms with Gasteiger partial charge in [0, 0.05) is 6.54 Å². The van der Waals surface area contributed by atoms with E-state index in [1.165, 1.54) is 0 Å². The van der Waals surface area contributed by atoms with Crippen LogP contribution in [0.25, 0.3) is 0 Å². The minimum atomic E-state index is -0.263. The molecule has 2 rings (SSSR count). The van der Waals surface area contributed by atoms with E-state index >= 15 is 0 Å². The van der Waals surface area contributed by atoms with Crippen molar-refractivity contribution in [3.05, 3.63) is 29.8 Å². The lowest BCUT2D eigenvalue weighted by atomic mass is 9.89. The fourth-order valence-corrected chi connectivity index (χ4v) is 2.12. The number of nitrogens with one attached hydrogen (secondary N) is 1. The van der Waals surface area contributed by atoms with Crippen LogP contribution in [-0.4, -0.2) is 29.4 Å². The van der Waals surface area contributed by atoms with Gasteiger partial charge < -0.3 is 15.5 Å². The summed E-state index contributed by atoms with van der Waals surface area (Å²) in [5.74, 6) is 0.615. The maximum atomic E-state index is 9.77. The quantitative estimate of drug-likeness (QED) is 0.675. The molecule has 1 heterocycles. The van der Waals surface area contributed by atoms with Crippen molar-refractivity contribution in [2.75, 3.05) is 13.1 Å². The highest BCUT2D eigenvalue weighted by Gasteiger charge is 2.22. The third kappa shape index (κ3) is 2.70. The molecule has 0 radical (unpaired) electrons. The van der Waals surface area contributed by atoms with Gasteiger partial charge in [-0.2, -0.15) is 0 Å². The number of hydrogen-bond acceptors (Lipinski definition) is 3. The molecule has 0 spiro atoms. The van der Waals surface area contributed by atoms with Gasteiger partial charge in [-0.25, -0.2) is 0 Å². The number of hydrogen-bond donors (Lipinski definition) is 3. The Kier molecular flexibility index (Phi) is 3.23. The van der Waals surface area contributed by atoms with Crippen LogP contribution in [0, 0.1) is 5.92 Å². The number of rotatable bonds is 2. The molecule has 3 nitrogen and oxygen atoms in total. The predicted molar refractivity (Wildman–Crippen MR) is 58.8 cm³/mol.